The van der Waals surface area contributed by atoms with Gasteiger partial charge in [-0.1, -0.05) is 146 Å². The second-order valence-corrected chi connectivity index (χ2v) is 10.6. The Hall–Kier alpha value is -1.56. The summed E-state index contributed by atoms with van der Waals surface area (Å²) in [6.07, 6.45) is 25.3. The quantitative estimate of drug-likeness (QED) is 0.155. The standard InChI is InChI=1S/C33H52/c1-6-8-10-11-12-13-14-15-16-17-18-19-21-27(3)25-30-22-20-24-32-29(5)31(23-9-7-2)28(4)26-33(30)32/h20,22,24,26,31H,3,5-19,21,23,25H2,1-2,4H3. The molecule has 2 rings (SSSR count). The predicted molar refractivity (Wildman–Crippen MR) is 151 cm³/mol. The van der Waals surface area contributed by atoms with Crippen LogP contribution in [-0.2, 0) is 6.42 Å². The molecule has 0 aromatic heterocycles. The van der Waals surface area contributed by atoms with Crippen molar-refractivity contribution >= 4 is 11.6 Å². The SMILES string of the molecule is C=C(CCCCCCCCCCCCCC)Cc1cccc2c1C=C(C)C(CCCC)C2=C. The lowest BCUT2D eigenvalue weighted by atomic mass is 9.76. The van der Waals surface area contributed by atoms with E-state index in [1.165, 1.54) is 136 Å². The zero-order chi connectivity index (χ0) is 23.9. The largest absolute Gasteiger partial charge is 0.0995 e. The number of hydrogen-bond acceptors (Lipinski definition) is 0. The molecular weight excluding hydrogens is 396 g/mol. The third-order valence-electron chi connectivity index (χ3n) is 7.56. The van der Waals surface area contributed by atoms with Crippen LogP contribution in [0.1, 0.15) is 140 Å². The van der Waals surface area contributed by atoms with Gasteiger partial charge in [0.05, 0.1) is 0 Å². The predicted octanol–water partition coefficient (Wildman–Crippen LogP) is 11.1. The second-order valence-electron chi connectivity index (χ2n) is 10.6. The van der Waals surface area contributed by atoms with Crippen LogP contribution in [0.15, 0.2) is 42.5 Å². The molecule has 1 atom stereocenters. The average Bonchev–Trinajstić information content (AvgIpc) is 2.80. The molecule has 0 N–H and O–H groups in total. The molecule has 0 amide bonds. The summed E-state index contributed by atoms with van der Waals surface area (Å²) in [5.74, 6) is 0.525. The fraction of sp³-hybridized carbons (Fsp3) is 0.636. The number of allylic oxidation sites excluding steroid dienone is 3. The Kier molecular flexibility index (Phi) is 13.5. The lowest BCUT2D eigenvalue weighted by Gasteiger charge is -2.28. The van der Waals surface area contributed by atoms with E-state index in [0.29, 0.717) is 5.92 Å². The minimum atomic E-state index is 0.525. The van der Waals surface area contributed by atoms with Gasteiger partial charge in [-0.05, 0) is 54.9 Å². The molecule has 1 aliphatic rings. The Bertz CT molecular complexity index is 747. The molecular formula is C33H52. The number of unbranched alkanes of at least 4 members (excludes halogenated alkanes) is 12. The molecule has 1 unspecified atom stereocenters. The summed E-state index contributed by atoms with van der Waals surface area (Å²) in [6.45, 7) is 15.8. The van der Waals surface area contributed by atoms with E-state index in [9.17, 15) is 0 Å². The first kappa shape index (κ1) is 27.7. The molecule has 0 heterocycles. The summed E-state index contributed by atoms with van der Waals surface area (Å²) in [5.41, 5.74) is 8.42. The van der Waals surface area contributed by atoms with Crippen molar-refractivity contribution in [3.05, 3.63) is 59.2 Å². The van der Waals surface area contributed by atoms with Crippen LogP contribution in [-0.4, -0.2) is 0 Å². The molecule has 0 saturated carbocycles. The lowest BCUT2D eigenvalue weighted by molar-refractivity contribution is 0.543. The summed E-state index contributed by atoms with van der Waals surface area (Å²) in [7, 11) is 0. The van der Waals surface area contributed by atoms with E-state index >= 15 is 0 Å². The van der Waals surface area contributed by atoms with E-state index in [1.807, 2.05) is 0 Å². The summed E-state index contributed by atoms with van der Waals surface area (Å²) in [6, 6.07) is 6.80. The van der Waals surface area contributed by atoms with Crippen molar-refractivity contribution in [1.82, 2.24) is 0 Å². The van der Waals surface area contributed by atoms with Crippen molar-refractivity contribution in [2.24, 2.45) is 5.92 Å². The van der Waals surface area contributed by atoms with Gasteiger partial charge in [0.15, 0.2) is 0 Å². The van der Waals surface area contributed by atoms with Crippen LogP contribution in [0.5, 0.6) is 0 Å². The van der Waals surface area contributed by atoms with Gasteiger partial charge in [-0.2, -0.15) is 0 Å². The van der Waals surface area contributed by atoms with Gasteiger partial charge in [-0.15, -0.1) is 0 Å². The first-order valence-electron chi connectivity index (χ1n) is 14.2. The molecule has 0 heteroatoms. The van der Waals surface area contributed by atoms with Crippen molar-refractivity contribution in [2.75, 3.05) is 0 Å². The van der Waals surface area contributed by atoms with Crippen molar-refractivity contribution in [3.63, 3.8) is 0 Å². The van der Waals surface area contributed by atoms with Gasteiger partial charge >= 0.3 is 0 Å². The molecule has 0 nitrogen and oxygen atoms in total. The first-order valence-corrected chi connectivity index (χ1v) is 14.2. The van der Waals surface area contributed by atoms with Gasteiger partial charge in [0.1, 0.15) is 0 Å². The zero-order valence-electron chi connectivity index (χ0n) is 22.3. The molecule has 0 spiro atoms. The second kappa shape index (κ2) is 16.1. The minimum absolute atomic E-state index is 0.525. The number of hydrogen-bond donors (Lipinski definition) is 0. The highest BCUT2D eigenvalue weighted by molar-refractivity contribution is 5.83. The minimum Gasteiger partial charge on any atom is -0.0995 e. The highest BCUT2D eigenvalue weighted by Gasteiger charge is 2.23. The highest BCUT2D eigenvalue weighted by Crippen LogP contribution is 2.40. The van der Waals surface area contributed by atoms with E-state index in [1.54, 1.807) is 0 Å². The number of benzene rings is 1. The summed E-state index contributed by atoms with van der Waals surface area (Å²) >= 11 is 0. The monoisotopic (exact) mass is 448 g/mol. The summed E-state index contributed by atoms with van der Waals surface area (Å²) in [4.78, 5) is 0. The molecule has 0 aliphatic heterocycles. The molecule has 0 radical (unpaired) electrons. The topological polar surface area (TPSA) is 0 Å². The Morgan fingerprint density at radius 2 is 1.36 bits per heavy atom. The van der Waals surface area contributed by atoms with Gasteiger partial charge in [0.25, 0.3) is 0 Å². The van der Waals surface area contributed by atoms with Gasteiger partial charge in [0.2, 0.25) is 0 Å². The fourth-order valence-corrected chi connectivity index (χ4v) is 5.39. The van der Waals surface area contributed by atoms with Gasteiger partial charge in [0, 0.05) is 5.92 Å². The van der Waals surface area contributed by atoms with Gasteiger partial charge < -0.3 is 0 Å². The highest BCUT2D eigenvalue weighted by atomic mass is 14.3. The van der Waals surface area contributed by atoms with Crippen molar-refractivity contribution in [3.8, 4) is 0 Å². The smallest absolute Gasteiger partial charge is 0.00490 e. The Balaban J connectivity index is 1.68. The Morgan fingerprint density at radius 3 is 1.97 bits per heavy atom. The summed E-state index contributed by atoms with van der Waals surface area (Å²) < 4.78 is 0. The molecule has 0 bridgehead atoms. The Labute approximate surface area is 206 Å². The maximum atomic E-state index is 4.51. The van der Waals surface area contributed by atoms with Crippen LogP contribution < -0.4 is 0 Å². The molecule has 1 aromatic rings. The number of rotatable bonds is 18. The normalized spacial score (nSPS) is 15.4. The fourth-order valence-electron chi connectivity index (χ4n) is 5.39. The zero-order valence-corrected chi connectivity index (χ0v) is 22.3. The Morgan fingerprint density at radius 1 is 0.788 bits per heavy atom. The van der Waals surface area contributed by atoms with Crippen LogP contribution in [0, 0.1) is 5.92 Å². The molecule has 184 valence electrons. The van der Waals surface area contributed by atoms with Crippen LogP contribution in [0.4, 0.5) is 0 Å². The maximum Gasteiger partial charge on any atom is 0.00490 e. The van der Waals surface area contributed by atoms with Crippen LogP contribution in [0.25, 0.3) is 11.6 Å². The third kappa shape index (κ3) is 9.68. The first-order chi connectivity index (χ1) is 16.1. The molecule has 0 fully saturated rings. The van der Waals surface area contributed by atoms with Gasteiger partial charge in [-0.25, -0.2) is 0 Å². The third-order valence-corrected chi connectivity index (χ3v) is 7.56. The van der Waals surface area contributed by atoms with E-state index in [-0.39, 0.29) is 0 Å². The van der Waals surface area contributed by atoms with E-state index < -0.39 is 0 Å². The molecule has 1 aromatic carbocycles. The maximum absolute atomic E-state index is 4.51. The van der Waals surface area contributed by atoms with Crippen molar-refractivity contribution in [1.29, 1.82) is 0 Å². The lowest BCUT2D eigenvalue weighted by Crippen LogP contribution is -2.12. The van der Waals surface area contributed by atoms with Gasteiger partial charge in [-0.3, -0.25) is 0 Å². The van der Waals surface area contributed by atoms with E-state index in [2.05, 4.69) is 58.2 Å². The summed E-state index contributed by atoms with van der Waals surface area (Å²) in [5, 5.41) is 0. The van der Waals surface area contributed by atoms with Crippen LogP contribution in [0.3, 0.4) is 0 Å². The average molecular weight is 449 g/mol. The van der Waals surface area contributed by atoms with Crippen LogP contribution >= 0.6 is 0 Å². The van der Waals surface area contributed by atoms with Crippen molar-refractivity contribution in [2.45, 2.75) is 130 Å². The van der Waals surface area contributed by atoms with Crippen LogP contribution in [0.2, 0.25) is 0 Å². The molecule has 1 aliphatic carbocycles. The van der Waals surface area contributed by atoms with E-state index in [4.69, 9.17) is 0 Å². The molecule has 0 saturated heterocycles. The van der Waals surface area contributed by atoms with E-state index in [0.717, 1.165) is 6.42 Å². The van der Waals surface area contributed by atoms with Crippen molar-refractivity contribution < 1.29 is 0 Å². The number of fused-ring (bicyclic) bond motifs is 1. The molecule has 33 heavy (non-hydrogen) atoms.